The van der Waals surface area contributed by atoms with E-state index in [4.69, 9.17) is 9.47 Å². The molecule has 3 N–H and O–H groups in total. The van der Waals surface area contributed by atoms with Crippen molar-refractivity contribution in [2.45, 2.75) is 129 Å². The maximum atomic E-state index is 14.7. The van der Waals surface area contributed by atoms with E-state index in [0.29, 0.717) is 38.4 Å². The molecule has 12 nitrogen and oxygen atoms in total. The predicted octanol–water partition coefficient (Wildman–Crippen LogP) is 7.36. The number of carbonyl (C=O) groups is 4. The normalized spacial score (nSPS) is 24.9. The first-order chi connectivity index (χ1) is 29.3. The Morgan fingerprint density at radius 1 is 0.984 bits per heavy atom. The first-order valence-electron chi connectivity index (χ1n) is 22.2. The van der Waals surface area contributed by atoms with Crippen molar-refractivity contribution in [2.75, 3.05) is 56.6 Å². The van der Waals surface area contributed by atoms with Gasteiger partial charge in [0.1, 0.15) is 29.5 Å². The number of hydrogen-bond donors (Lipinski definition) is 3. The first kappa shape index (κ1) is 45.6. The molecule has 2 saturated carbocycles. The van der Waals surface area contributed by atoms with Gasteiger partial charge in [-0.25, -0.2) is 9.18 Å². The lowest BCUT2D eigenvalue weighted by atomic mass is 9.85. The average molecular weight is 871 g/mol. The summed E-state index contributed by atoms with van der Waals surface area (Å²) in [4.78, 5) is 62.0. The molecule has 5 aliphatic rings. The van der Waals surface area contributed by atoms with E-state index >= 15 is 0 Å². The second-order valence-electron chi connectivity index (χ2n) is 19.5. The molecule has 0 spiro atoms. The van der Waals surface area contributed by atoms with E-state index < -0.39 is 64.6 Å². The number of nitrogens with one attached hydrogen (secondary N) is 3. The van der Waals surface area contributed by atoms with Crippen molar-refractivity contribution < 1.29 is 46.2 Å². The van der Waals surface area contributed by atoms with Crippen molar-refractivity contribution >= 4 is 35.1 Å². The minimum atomic E-state index is -4.84. The maximum absolute atomic E-state index is 14.7. The van der Waals surface area contributed by atoms with Gasteiger partial charge in [0.25, 0.3) is 0 Å². The topological polar surface area (TPSA) is 133 Å². The number of ketones is 1. The lowest BCUT2D eigenvalue weighted by Crippen LogP contribution is -2.56. The molecule has 3 amide bonds. The van der Waals surface area contributed by atoms with Crippen molar-refractivity contribution in [1.82, 2.24) is 20.0 Å². The molecule has 2 aromatic carbocycles. The number of amides is 3. The number of alkyl halides is 3. The smallest absolute Gasteiger partial charge is 0.416 e. The summed E-state index contributed by atoms with van der Waals surface area (Å²) in [5, 5.41) is 9.36. The quantitative estimate of drug-likeness (QED) is 0.148. The number of anilines is 2. The van der Waals surface area contributed by atoms with E-state index in [9.17, 15) is 36.7 Å². The predicted molar refractivity (Wildman–Crippen MR) is 226 cm³/mol. The van der Waals surface area contributed by atoms with Gasteiger partial charge >= 0.3 is 12.3 Å². The van der Waals surface area contributed by atoms with E-state index in [0.717, 1.165) is 94.0 Å². The molecule has 0 bridgehead atoms. The monoisotopic (exact) mass is 870 g/mol. The number of morpholine rings is 1. The van der Waals surface area contributed by atoms with Crippen LogP contribution in [0.2, 0.25) is 0 Å². The molecule has 340 valence electrons. The van der Waals surface area contributed by atoms with E-state index in [1.54, 1.807) is 25.7 Å². The number of halogens is 4. The molecule has 5 atom stereocenters. The van der Waals surface area contributed by atoms with Crippen LogP contribution in [0.4, 0.5) is 33.7 Å². The summed E-state index contributed by atoms with van der Waals surface area (Å²) in [6.07, 6.45) is -1.00. The van der Waals surface area contributed by atoms with Gasteiger partial charge in [0, 0.05) is 63.5 Å². The molecule has 7 rings (SSSR count). The van der Waals surface area contributed by atoms with Crippen LogP contribution in [0, 0.1) is 22.6 Å². The third kappa shape index (κ3) is 10.7. The summed E-state index contributed by atoms with van der Waals surface area (Å²) < 4.78 is 67.1. The molecule has 16 heteroatoms. The first-order valence-corrected chi connectivity index (χ1v) is 22.2. The van der Waals surface area contributed by atoms with E-state index in [1.807, 2.05) is 25.1 Å². The van der Waals surface area contributed by atoms with Gasteiger partial charge in [0.15, 0.2) is 5.78 Å². The minimum absolute atomic E-state index is 0.0364. The average Bonchev–Trinajstić information content (AvgIpc) is 4.00. The van der Waals surface area contributed by atoms with E-state index in [1.165, 1.54) is 4.90 Å². The number of likely N-dealkylation sites (tertiary alicyclic amines) is 1. The molecule has 5 unspecified atom stereocenters. The number of benzene rings is 2. The fraction of sp³-hybridized carbons (Fsp3) is 0.652. The van der Waals surface area contributed by atoms with Crippen LogP contribution in [0.3, 0.4) is 0 Å². The van der Waals surface area contributed by atoms with Gasteiger partial charge < -0.3 is 30.3 Å². The van der Waals surface area contributed by atoms with Crippen molar-refractivity contribution in [3.63, 3.8) is 0 Å². The number of Topliss-reactive ketones (excluding diaryl/α,β-unsaturated/α-hetero) is 1. The van der Waals surface area contributed by atoms with Crippen LogP contribution < -0.4 is 16.0 Å². The Balaban J connectivity index is 1.06. The minimum Gasteiger partial charge on any atom is -0.444 e. The number of fused-ring (bicyclic) bond motifs is 1. The second-order valence-corrected chi connectivity index (χ2v) is 19.5. The Bertz CT molecular complexity index is 2000. The summed E-state index contributed by atoms with van der Waals surface area (Å²) in [6, 6.07) is 5.60. The van der Waals surface area contributed by atoms with Crippen LogP contribution >= 0.6 is 0 Å². The molecule has 62 heavy (non-hydrogen) atoms. The summed E-state index contributed by atoms with van der Waals surface area (Å²) in [6.45, 7) is 14.6. The lowest BCUT2D eigenvalue weighted by Gasteiger charge is -2.36. The molecule has 0 radical (unpaired) electrons. The Hall–Kier alpha value is -4.44. The molecule has 4 fully saturated rings. The third-order valence-corrected chi connectivity index (χ3v) is 13.5. The van der Waals surface area contributed by atoms with Crippen LogP contribution in [0.15, 0.2) is 36.4 Å². The highest BCUT2D eigenvalue weighted by Crippen LogP contribution is 2.51. The molecular formula is C46H62F4N6O6. The SMILES string of the molecule is CCC1CC1(NC(=O)C1CC(OC(=O)N2Cc3ccc(NCCN4CCOCC4)cc3C2)CN1C(=O)C(Nc1cc(F)cc(C(F)(F)F)c1)C(C)(C)C)C(=O)CCCC1(C)CC1. The zero-order chi connectivity index (χ0) is 44.6. The molecular weight excluding hydrogens is 809 g/mol. The summed E-state index contributed by atoms with van der Waals surface area (Å²) in [5.41, 5.74) is -0.325. The zero-order valence-corrected chi connectivity index (χ0v) is 36.6. The van der Waals surface area contributed by atoms with Crippen LogP contribution in [0.1, 0.15) is 103 Å². The lowest BCUT2D eigenvalue weighted by molar-refractivity contribution is -0.141. The van der Waals surface area contributed by atoms with Gasteiger partial charge in [-0.15, -0.1) is 0 Å². The molecule has 2 aliphatic carbocycles. The highest BCUT2D eigenvalue weighted by atomic mass is 19.4. The van der Waals surface area contributed by atoms with Crippen LogP contribution in [0.5, 0.6) is 0 Å². The van der Waals surface area contributed by atoms with Crippen molar-refractivity contribution in [2.24, 2.45) is 16.7 Å². The fourth-order valence-corrected chi connectivity index (χ4v) is 9.28. The zero-order valence-electron chi connectivity index (χ0n) is 36.6. The molecule has 3 heterocycles. The number of hydrogen-bond acceptors (Lipinski definition) is 9. The Labute approximate surface area is 361 Å². The third-order valence-electron chi connectivity index (χ3n) is 13.5. The summed E-state index contributed by atoms with van der Waals surface area (Å²) in [7, 11) is 0. The van der Waals surface area contributed by atoms with Crippen molar-refractivity contribution in [1.29, 1.82) is 0 Å². The fourth-order valence-electron chi connectivity index (χ4n) is 9.28. The largest absolute Gasteiger partial charge is 0.444 e. The van der Waals surface area contributed by atoms with Gasteiger partial charge in [-0.3, -0.25) is 24.2 Å². The Kier molecular flexibility index (Phi) is 13.2. The van der Waals surface area contributed by atoms with Crippen LogP contribution in [0.25, 0.3) is 0 Å². The van der Waals surface area contributed by atoms with E-state index in [2.05, 4.69) is 27.8 Å². The summed E-state index contributed by atoms with van der Waals surface area (Å²) in [5.74, 6) is -2.44. The van der Waals surface area contributed by atoms with Crippen LogP contribution in [-0.2, 0) is 43.1 Å². The van der Waals surface area contributed by atoms with Gasteiger partial charge in [-0.1, -0.05) is 47.1 Å². The van der Waals surface area contributed by atoms with Gasteiger partial charge in [0.05, 0.1) is 25.3 Å². The standard InChI is InChI=1S/C46H62F4N6O6/c1-6-31-25-45(31,38(57)8-7-11-44(5)12-13-44)53-40(58)37-24-36(28-56(37)41(59)39(43(2,3)4)52-35-22-32(46(48,49)50)21-33(47)23-35)62-42(60)55-26-29-9-10-34(20-30(29)27-55)51-14-15-54-16-18-61-19-17-54/h9-10,20-23,31,36-37,39,51-52H,6-8,11-19,24-28H2,1-5H3,(H,53,58). The van der Waals surface area contributed by atoms with Gasteiger partial charge in [0.2, 0.25) is 11.8 Å². The molecule has 2 aromatic rings. The Morgan fingerprint density at radius 2 is 1.71 bits per heavy atom. The van der Waals surface area contributed by atoms with Crippen LogP contribution in [-0.4, -0.2) is 108 Å². The van der Waals surface area contributed by atoms with Gasteiger partial charge in [-0.2, -0.15) is 13.2 Å². The van der Waals surface area contributed by atoms with Crippen molar-refractivity contribution in [3.8, 4) is 0 Å². The molecule has 0 aromatic heterocycles. The Morgan fingerprint density at radius 3 is 2.37 bits per heavy atom. The molecule has 2 saturated heterocycles. The number of nitrogens with zero attached hydrogens (tertiary/aromatic N) is 3. The maximum Gasteiger partial charge on any atom is 0.416 e. The van der Waals surface area contributed by atoms with E-state index in [-0.39, 0.29) is 35.8 Å². The molecule has 3 aliphatic heterocycles. The highest BCUT2D eigenvalue weighted by Gasteiger charge is 2.60. The summed E-state index contributed by atoms with van der Waals surface area (Å²) >= 11 is 0. The highest BCUT2D eigenvalue weighted by molar-refractivity contribution is 5.99. The van der Waals surface area contributed by atoms with Crippen molar-refractivity contribution in [3.05, 3.63) is 58.9 Å². The number of carbonyl (C=O) groups excluding carboxylic acids is 4. The second kappa shape index (κ2) is 18.0. The number of rotatable bonds is 16. The van der Waals surface area contributed by atoms with Gasteiger partial charge in [-0.05, 0) is 90.3 Å². The number of ether oxygens (including phenoxy) is 2.